The van der Waals surface area contributed by atoms with Crippen molar-refractivity contribution in [1.82, 2.24) is 9.80 Å². The lowest BCUT2D eigenvalue weighted by molar-refractivity contribution is -0.133. The summed E-state index contributed by atoms with van der Waals surface area (Å²) in [5.74, 6) is 0.684. The zero-order valence-electron chi connectivity index (χ0n) is 16.2. The van der Waals surface area contributed by atoms with Crippen LogP contribution in [-0.4, -0.2) is 47.7 Å². The summed E-state index contributed by atoms with van der Waals surface area (Å²) >= 11 is 0. The summed E-state index contributed by atoms with van der Waals surface area (Å²) in [6.45, 7) is 1.78. The van der Waals surface area contributed by atoms with E-state index in [4.69, 9.17) is 4.74 Å². The summed E-state index contributed by atoms with van der Waals surface area (Å²) in [5.41, 5.74) is 1.74. The van der Waals surface area contributed by atoms with Crippen molar-refractivity contribution in [3.63, 3.8) is 0 Å². The summed E-state index contributed by atoms with van der Waals surface area (Å²) in [6.07, 6.45) is 2.77. The first-order valence-electron chi connectivity index (χ1n) is 9.95. The van der Waals surface area contributed by atoms with Crippen molar-refractivity contribution in [3.05, 3.63) is 65.7 Å². The molecule has 0 aliphatic carbocycles. The molecule has 0 aromatic heterocycles. The van der Waals surface area contributed by atoms with Crippen LogP contribution in [0.25, 0.3) is 0 Å². The predicted octanol–water partition coefficient (Wildman–Crippen LogP) is 3.66. The molecule has 2 aromatic rings. The van der Waals surface area contributed by atoms with Crippen molar-refractivity contribution in [2.45, 2.75) is 37.9 Å². The Bertz CT molecular complexity index is 852. The van der Waals surface area contributed by atoms with Crippen LogP contribution in [-0.2, 0) is 4.79 Å². The largest absolute Gasteiger partial charge is 0.497 e. The van der Waals surface area contributed by atoms with Gasteiger partial charge in [-0.1, -0.05) is 42.5 Å². The number of carbonyl (C=O) groups is 2. The number of rotatable bonds is 6. The average molecular weight is 378 g/mol. The standard InChI is InChI=1S/C23H26N2O3/c1-28-20-11-5-9-18(15-20)21(26)12-13-22(27)25-16-19-10-6-14-24(19)23(25)17-7-3-2-4-8-17/h2-5,7-9,11,15,19,23H,6,10,12-14,16H2,1H3. The molecule has 5 nitrogen and oxygen atoms in total. The predicted molar refractivity (Wildman–Crippen MR) is 107 cm³/mol. The van der Waals surface area contributed by atoms with Gasteiger partial charge in [0.1, 0.15) is 11.9 Å². The van der Waals surface area contributed by atoms with Crippen LogP contribution in [0.3, 0.4) is 0 Å². The molecule has 0 spiro atoms. The number of fused-ring (bicyclic) bond motifs is 1. The first-order valence-corrected chi connectivity index (χ1v) is 9.95. The molecule has 2 saturated heterocycles. The molecule has 1 amide bonds. The number of benzene rings is 2. The number of ketones is 1. The Labute approximate surface area is 165 Å². The van der Waals surface area contributed by atoms with Gasteiger partial charge < -0.3 is 9.64 Å². The highest BCUT2D eigenvalue weighted by atomic mass is 16.5. The normalized spacial score (nSPS) is 21.5. The third-order valence-corrected chi connectivity index (χ3v) is 5.82. The van der Waals surface area contributed by atoms with Crippen molar-refractivity contribution in [2.24, 2.45) is 0 Å². The SMILES string of the molecule is COc1cccc(C(=O)CCC(=O)N2CC3CCCN3C2c2ccccc2)c1. The Morgan fingerprint density at radius 3 is 2.68 bits per heavy atom. The minimum Gasteiger partial charge on any atom is -0.497 e. The number of methoxy groups -OCH3 is 1. The number of ether oxygens (including phenoxy) is 1. The summed E-state index contributed by atoms with van der Waals surface area (Å²) in [7, 11) is 1.58. The van der Waals surface area contributed by atoms with E-state index in [1.165, 1.54) is 6.42 Å². The molecule has 2 heterocycles. The van der Waals surface area contributed by atoms with Crippen molar-refractivity contribution >= 4 is 11.7 Å². The molecule has 5 heteroatoms. The second-order valence-electron chi connectivity index (χ2n) is 7.52. The van der Waals surface area contributed by atoms with Crippen LogP contribution in [0, 0.1) is 0 Å². The van der Waals surface area contributed by atoms with Gasteiger partial charge in [0.05, 0.1) is 7.11 Å². The van der Waals surface area contributed by atoms with Gasteiger partial charge in [0.15, 0.2) is 5.78 Å². The number of hydrogen-bond acceptors (Lipinski definition) is 4. The third kappa shape index (κ3) is 3.67. The second kappa shape index (κ2) is 8.15. The molecular weight excluding hydrogens is 352 g/mol. The molecule has 4 rings (SSSR count). The van der Waals surface area contributed by atoms with Gasteiger partial charge >= 0.3 is 0 Å². The quantitative estimate of drug-likeness (QED) is 0.720. The smallest absolute Gasteiger partial charge is 0.224 e. The van der Waals surface area contributed by atoms with Crippen LogP contribution in [0.15, 0.2) is 54.6 Å². The minimum atomic E-state index is -0.0248. The Balaban J connectivity index is 1.45. The zero-order chi connectivity index (χ0) is 19.5. The highest BCUT2D eigenvalue weighted by Crippen LogP contribution is 2.39. The second-order valence-corrected chi connectivity index (χ2v) is 7.52. The van der Waals surface area contributed by atoms with Crippen LogP contribution in [0.1, 0.15) is 47.8 Å². The molecule has 2 fully saturated rings. The lowest BCUT2D eigenvalue weighted by Gasteiger charge is -2.30. The van der Waals surface area contributed by atoms with E-state index >= 15 is 0 Å². The fourth-order valence-corrected chi connectivity index (χ4v) is 4.42. The molecule has 0 bridgehead atoms. The maximum absolute atomic E-state index is 13.0. The van der Waals surface area contributed by atoms with E-state index in [2.05, 4.69) is 17.0 Å². The summed E-state index contributed by atoms with van der Waals surface area (Å²) in [5, 5.41) is 0. The van der Waals surface area contributed by atoms with Crippen LogP contribution >= 0.6 is 0 Å². The maximum atomic E-state index is 13.0. The van der Waals surface area contributed by atoms with E-state index in [1.807, 2.05) is 29.2 Å². The number of hydrogen-bond donors (Lipinski definition) is 0. The van der Waals surface area contributed by atoms with E-state index in [-0.39, 0.29) is 30.7 Å². The Hall–Kier alpha value is -2.66. The molecular formula is C23H26N2O3. The van der Waals surface area contributed by atoms with Gasteiger partial charge in [0, 0.05) is 37.5 Å². The number of amides is 1. The summed E-state index contributed by atoms with van der Waals surface area (Å²) in [6, 6.07) is 17.8. The minimum absolute atomic E-state index is 0.00637. The van der Waals surface area contributed by atoms with Crippen LogP contribution in [0.5, 0.6) is 5.75 Å². The van der Waals surface area contributed by atoms with Gasteiger partial charge in [-0.15, -0.1) is 0 Å². The van der Waals surface area contributed by atoms with Crippen molar-refractivity contribution in [1.29, 1.82) is 0 Å². The third-order valence-electron chi connectivity index (χ3n) is 5.82. The molecule has 0 N–H and O–H groups in total. The van der Waals surface area contributed by atoms with Crippen molar-refractivity contribution < 1.29 is 14.3 Å². The van der Waals surface area contributed by atoms with Gasteiger partial charge in [0.25, 0.3) is 0 Å². The molecule has 0 saturated carbocycles. The van der Waals surface area contributed by atoms with Gasteiger partial charge in [-0.05, 0) is 30.5 Å². The summed E-state index contributed by atoms with van der Waals surface area (Å²) in [4.78, 5) is 30.0. The monoisotopic (exact) mass is 378 g/mol. The van der Waals surface area contributed by atoms with Gasteiger partial charge in [-0.2, -0.15) is 0 Å². The Kier molecular flexibility index (Phi) is 5.44. The highest BCUT2D eigenvalue weighted by Gasteiger charge is 2.44. The molecule has 28 heavy (non-hydrogen) atoms. The fraction of sp³-hybridized carbons (Fsp3) is 0.391. The van der Waals surface area contributed by atoms with E-state index in [0.717, 1.165) is 25.1 Å². The van der Waals surface area contributed by atoms with Crippen LogP contribution in [0.4, 0.5) is 0 Å². The van der Waals surface area contributed by atoms with Crippen LogP contribution in [0.2, 0.25) is 0 Å². The van der Waals surface area contributed by atoms with E-state index in [0.29, 0.717) is 17.4 Å². The molecule has 2 aliphatic heterocycles. The number of Topliss-reactive ketones (excluding diaryl/α,β-unsaturated/α-hetero) is 1. The number of nitrogens with zero attached hydrogens (tertiary/aromatic N) is 2. The van der Waals surface area contributed by atoms with Gasteiger partial charge in [0.2, 0.25) is 5.91 Å². The molecule has 2 aliphatic rings. The van der Waals surface area contributed by atoms with Crippen molar-refractivity contribution in [3.8, 4) is 5.75 Å². The van der Waals surface area contributed by atoms with Gasteiger partial charge in [-0.25, -0.2) is 0 Å². The zero-order valence-corrected chi connectivity index (χ0v) is 16.2. The van der Waals surface area contributed by atoms with E-state index in [1.54, 1.807) is 25.3 Å². The lowest BCUT2D eigenvalue weighted by Crippen LogP contribution is -2.35. The summed E-state index contributed by atoms with van der Waals surface area (Å²) < 4.78 is 5.18. The molecule has 0 radical (unpaired) electrons. The van der Waals surface area contributed by atoms with E-state index < -0.39 is 0 Å². The first-order chi connectivity index (χ1) is 13.7. The van der Waals surface area contributed by atoms with Gasteiger partial charge in [-0.3, -0.25) is 14.5 Å². The van der Waals surface area contributed by atoms with E-state index in [9.17, 15) is 9.59 Å². The van der Waals surface area contributed by atoms with Crippen LogP contribution < -0.4 is 4.74 Å². The highest BCUT2D eigenvalue weighted by molar-refractivity contribution is 5.98. The Morgan fingerprint density at radius 1 is 1.07 bits per heavy atom. The molecule has 2 atom stereocenters. The average Bonchev–Trinajstić information content (AvgIpc) is 3.33. The maximum Gasteiger partial charge on any atom is 0.224 e. The first kappa shape index (κ1) is 18.7. The molecule has 2 aromatic carbocycles. The Morgan fingerprint density at radius 2 is 1.89 bits per heavy atom. The number of carbonyl (C=O) groups excluding carboxylic acids is 2. The molecule has 2 unspecified atom stereocenters. The fourth-order valence-electron chi connectivity index (χ4n) is 4.42. The van der Waals surface area contributed by atoms with Crippen molar-refractivity contribution in [2.75, 3.05) is 20.2 Å². The lowest BCUT2D eigenvalue weighted by atomic mass is 10.1. The topological polar surface area (TPSA) is 49.9 Å². The molecule has 146 valence electrons.